The summed E-state index contributed by atoms with van der Waals surface area (Å²) in [6, 6.07) is 13.4. The van der Waals surface area contributed by atoms with Crippen molar-refractivity contribution >= 4 is 44.0 Å². The number of carbonyl (C=O) groups excluding carboxylic acids is 2. The number of hydrogen-bond acceptors (Lipinski definition) is 7. The first kappa shape index (κ1) is 21.9. The van der Waals surface area contributed by atoms with E-state index in [0.717, 1.165) is 29.7 Å². The maximum absolute atomic E-state index is 12.9. The molecule has 4 rings (SSSR count). The van der Waals surface area contributed by atoms with E-state index in [-0.39, 0.29) is 26.6 Å². The minimum Gasteiger partial charge on any atom is -0.339 e. The minimum absolute atomic E-state index is 0.0531. The number of benzene rings is 2. The third-order valence-electron chi connectivity index (χ3n) is 4.97. The Labute approximate surface area is 189 Å². The third kappa shape index (κ3) is 4.78. The first-order chi connectivity index (χ1) is 15.3. The minimum atomic E-state index is -4.11. The van der Waals surface area contributed by atoms with E-state index in [2.05, 4.69) is 20.2 Å². The molecule has 1 fully saturated rings. The van der Waals surface area contributed by atoms with Crippen molar-refractivity contribution in [1.29, 1.82) is 0 Å². The van der Waals surface area contributed by atoms with Crippen LogP contribution in [-0.2, 0) is 10.0 Å². The molecule has 2 amide bonds. The van der Waals surface area contributed by atoms with Crippen LogP contribution in [0.25, 0.3) is 0 Å². The second-order valence-electron chi connectivity index (χ2n) is 7.34. The van der Waals surface area contributed by atoms with Crippen LogP contribution < -0.4 is 10.0 Å². The topological polar surface area (TPSA) is 121 Å². The monoisotopic (exact) mass is 471 g/mol. The average molecular weight is 472 g/mol. The number of rotatable bonds is 6. The Morgan fingerprint density at radius 3 is 2.41 bits per heavy atom. The van der Waals surface area contributed by atoms with Gasteiger partial charge in [-0.3, -0.25) is 19.6 Å². The van der Waals surface area contributed by atoms with Crippen LogP contribution in [-0.4, -0.2) is 48.4 Å². The largest absolute Gasteiger partial charge is 0.339 e. The van der Waals surface area contributed by atoms with Crippen molar-refractivity contribution in [3.05, 3.63) is 65.2 Å². The molecule has 11 heteroatoms. The Bertz CT molecular complexity index is 1250. The molecular formula is C21H21N5O4S2. The molecule has 3 aromatic rings. The van der Waals surface area contributed by atoms with E-state index in [1.807, 2.05) is 6.92 Å². The van der Waals surface area contributed by atoms with Crippen LogP contribution in [0.3, 0.4) is 0 Å². The summed E-state index contributed by atoms with van der Waals surface area (Å²) in [5, 5.41) is 10.1. The molecule has 166 valence electrons. The molecule has 0 radical (unpaired) electrons. The number of nitrogens with zero attached hydrogens (tertiary/aromatic N) is 3. The van der Waals surface area contributed by atoms with Gasteiger partial charge in [-0.15, -0.1) is 10.2 Å². The van der Waals surface area contributed by atoms with E-state index in [4.69, 9.17) is 0 Å². The van der Waals surface area contributed by atoms with E-state index in [9.17, 15) is 18.0 Å². The second-order valence-corrected chi connectivity index (χ2v) is 10.2. The molecule has 1 saturated heterocycles. The van der Waals surface area contributed by atoms with Crippen molar-refractivity contribution in [3.63, 3.8) is 0 Å². The Morgan fingerprint density at radius 2 is 1.69 bits per heavy atom. The predicted molar refractivity (Wildman–Crippen MR) is 121 cm³/mol. The van der Waals surface area contributed by atoms with Crippen molar-refractivity contribution in [2.75, 3.05) is 23.1 Å². The lowest BCUT2D eigenvalue weighted by molar-refractivity contribution is 0.0793. The van der Waals surface area contributed by atoms with Gasteiger partial charge < -0.3 is 4.90 Å². The van der Waals surface area contributed by atoms with Gasteiger partial charge in [-0.2, -0.15) is 8.42 Å². The lowest BCUT2D eigenvalue weighted by atomic mass is 10.1. The summed E-state index contributed by atoms with van der Waals surface area (Å²) in [5.74, 6) is -0.635. The molecule has 0 atom stereocenters. The van der Waals surface area contributed by atoms with E-state index >= 15 is 0 Å². The molecule has 1 aliphatic rings. The molecule has 1 aliphatic heterocycles. The molecule has 2 N–H and O–H groups in total. The molecule has 0 spiro atoms. The zero-order valence-corrected chi connectivity index (χ0v) is 18.9. The van der Waals surface area contributed by atoms with Gasteiger partial charge in [0.15, 0.2) is 0 Å². The van der Waals surface area contributed by atoms with Gasteiger partial charge in [-0.05, 0) is 44.0 Å². The van der Waals surface area contributed by atoms with Crippen LogP contribution >= 0.6 is 11.3 Å². The molecule has 0 aliphatic carbocycles. The van der Waals surface area contributed by atoms with Crippen LogP contribution in [0, 0.1) is 6.92 Å². The summed E-state index contributed by atoms with van der Waals surface area (Å²) in [5.41, 5.74) is 1.88. The summed E-state index contributed by atoms with van der Waals surface area (Å²) in [7, 11) is -4.11. The number of likely N-dealkylation sites (tertiary alicyclic amines) is 1. The smallest absolute Gasteiger partial charge is 0.291 e. The summed E-state index contributed by atoms with van der Waals surface area (Å²) in [4.78, 5) is 26.8. The zero-order chi connectivity index (χ0) is 22.7. The van der Waals surface area contributed by atoms with Crippen molar-refractivity contribution in [1.82, 2.24) is 15.1 Å². The van der Waals surface area contributed by atoms with E-state index < -0.39 is 15.9 Å². The number of carbonyl (C=O) groups is 2. The average Bonchev–Trinajstić information content (AvgIpc) is 3.47. The molecular weight excluding hydrogens is 450 g/mol. The van der Waals surface area contributed by atoms with Gasteiger partial charge in [0, 0.05) is 18.7 Å². The standard InChI is InChI=1S/C21H21N5O4S2/c1-14-8-10-15(11-9-14)18(27)22-20-23-24-21(31-20)32(29,30)25-17-7-3-2-6-16(17)19(28)26-12-4-5-13-26/h2-3,6-11,25H,4-5,12-13H2,1H3,(H,22,23,27). The summed E-state index contributed by atoms with van der Waals surface area (Å²) in [6.07, 6.45) is 1.86. The number of hydrogen-bond donors (Lipinski definition) is 2. The molecule has 0 unspecified atom stereocenters. The van der Waals surface area contributed by atoms with Crippen molar-refractivity contribution in [2.45, 2.75) is 24.1 Å². The van der Waals surface area contributed by atoms with Gasteiger partial charge in [0.2, 0.25) is 5.13 Å². The van der Waals surface area contributed by atoms with Crippen molar-refractivity contribution < 1.29 is 18.0 Å². The Balaban J connectivity index is 1.50. The number of sulfonamides is 1. The van der Waals surface area contributed by atoms with Gasteiger partial charge in [0.25, 0.3) is 26.2 Å². The molecule has 9 nitrogen and oxygen atoms in total. The Hall–Kier alpha value is -3.31. The number of aromatic nitrogens is 2. The zero-order valence-electron chi connectivity index (χ0n) is 17.2. The molecule has 1 aromatic heterocycles. The molecule has 0 saturated carbocycles. The lowest BCUT2D eigenvalue weighted by Crippen LogP contribution is -2.28. The van der Waals surface area contributed by atoms with E-state index in [1.54, 1.807) is 47.4 Å². The fourth-order valence-electron chi connectivity index (χ4n) is 3.28. The fraction of sp³-hybridized carbons (Fsp3) is 0.238. The summed E-state index contributed by atoms with van der Waals surface area (Å²) in [6.45, 7) is 3.22. The van der Waals surface area contributed by atoms with Crippen molar-refractivity contribution in [3.8, 4) is 0 Å². The normalized spacial score (nSPS) is 13.7. The number of amides is 2. The molecule has 32 heavy (non-hydrogen) atoms. The molecule has 2 heterocycles. The summed E-state index contributed by atoms with van der Waals surface area (Å²) < 4.78 is 27.8. The number of nitrogens with one attached hydrogen (secondary N) is 2. The maximum Gasteiger partial charge on any atom is 0.291 e. The highest BCUT2D eigenvalue weighted by atomic mass is 32.2. The Kier molecular flexibility index (Phi) is 6.19. The SMILES string of the molecule is Cc1ccc(C(=O)Nc2nnc(S(=O)(=O)Nc3ccccc3C(=O)N3CCCC3)s2)cc1. The van der Waals surface area contributed by atoms with Crippen LogP contribution in [0.1, 0.15) is 39.1 Å². The number of para-hydroxylation sites is 1. The van der Waals surface area contributed by atoms with E-state index in [1.165, 1.54) is 6.07 Å². The highest BCUT2D eigenvalue weighted by Crippen LogP contribution is 2.26. The molecule has 2 aromatic carbocycles. The van der Waals surface area contributed by atoms with Gasteiger partial charge >= 0.3 is 0 Å². The Morgan fingerprint density at radius 1 is 1.00 bits per heavy atom. The highest BCUT2D eigenvalue weighted by Gasteiger charge is 2.26. The predicted octanol–water partition coefficient (Wildman–Crippen LogP) is 3.14. The quantitative estimate of drug-likeness (QED) is 0.533. The second kappa shape index (κ2) is 9.05. The first-order valence-corrected chi connectivity index (χ1v) is 12.3. The van der Waals surface area contributed by atoms with Gasteiger partial charge in [-0.25, -0.2) is 0 Å². The van der Waals surface area contributed by atoms with Gasteiger partial charge in [0.05, 0.1) is 11.3 Å². The summed E-state index contributed by atoms with van der Waals surface area (Å²) >= 11 is 0.725. The van der Waals surface area contributed by atoms with Crippen LogP contribution in [0.15, 0.2) is 52.9 Å². The first-order valence-electron chi connectivity index (χ1n) is 9.96. The van der Waals surface area contributed by atoms with Crippen LogP contribution in [0.5, 0.6) is 0 Å². The fourth-order valence-corrected chi connectivity index (χ4v) is 5.26. The lowest BCUT2D eigenvalue weighted by Gasteiger charge is -2.17. The van der Waals surface area contributed by atoms with Crippen molar-refractivity contribution in [2.24, 2.45) is 0 Å². The van der Waals surface area contributed by atoms with Gasteiger partial charge in [0.1, 0.15) is 0 Å². The maximum atomic E-state index is 12.9. The highest BCUT2D eigenvalue weighted by molar-refractivity contribution is 7.94. The van der Waals surface area contributed by atoms with Gasteiger partial charge in [-0.1, -0.05) is 41.2 Å². The third-order valence-corrected chi connectivity index (χ3v) is 7.54. The van der Waals surface area contributed by atoms with E-state index in [0.29, 0.717) is 18.7 Å². The number of aryl methyl sites for hydroxylation is 1. The molecule has 0 bridgehead atoms. The van der Waals surface area contributed by atoms with Crippen LogP contribution in [0.4, 0.5) is 10.8 Å². The van der Waals surface area contributed by atoms with Crippen LogP contribution in [0.2, 0.25) is 0 Å². The number of anilines is 2.